The predicted molar refractivity (Wildman–Crippen MR) is 86.0 cm³/mol. The van der Waals surface area contributed by atoms with Crippen molar-refractivity contribution in [2.75, 3.05) is 11.4 Å². The Kier molecular flexibility index (Phi) is 3.01. The topological polar surface area (TPSA) is 77.5 Å². The predicted octanol–water partition coefficient (Wildman–Crippen LogP) is 1.84. The van der Waals surface area contributed by atoms with Gasteiger partial charge in [-0.25, -0.2) is 0 Å². The van der Waals surface area contributed by atoms with E-state index in [0.29, 0.717) is 17.2 Å². The van der Waals surface area contributed by atoms with E-state index in [9.17, 15) is 0 Å². The van der Waals surface area contributed by atoms with Gasteiger partial charge in [0.05, 0.1) is 5.54 Å². The molecule has 2 aromatic rings. The maximum absolute atomic E-state index is 4.50. The first-order valence-corrected chi connectivity index (χ1v) is 8.46. The summed E-state index contributed by atoms with van der Waals surface area (Å²) in [6.07, 6.45) is 5.07. The Morgan fingerprint density at radius 2 is 1.87 bits per heavy atom. The van der Waals surface area contributed by atoms with Crippen LogP contribution in [0.25, 0.3) is 11.6 Å². The number of hydrogen-bond acceptors (Lipinski definition) is 6. The molecule has 0 aromatic carbocycles. The van der Waals surface area contributed by atoms with Gasteiger partial charge in [0, 0.05) is 18.6 Å². The minimum absolute atomic E-state index is 0.196. The van der Waals surface area contributed by atoms with Crippen LogP contribution in [0.2, 0.25) is 0 Å². The van der Waals surface area contributed by atoms with Gasteiger partial charge in [-0.15, -0.1) is 20.4 Å². The summed E-state index contributed by atoms with van der Waals surface area (Å²) in [7, 11) is 0. The van der Waals surface area contributed by atoms with Crippen LogP contribution >= 0.6 is 0 Å². The zero-order valence-electron chi connectivity index (χ0n) is 14.3. The molecule has 0 amide bonds. The molecule has 0 radical (unpaired) electrons. The third-order valence-electron chi connectivity index (χ3n) is 4.93. The van der Waals surface area contributed by atoms with Gasteiger partial charge in [-0.3, -0.25) is 4.57 Å². The molecule has 4 rings (SSSR count). The molecule has 23 heavy (non-hydrogen) atoms. The second-order valence-corrected chi connectivity index (χ2v) is 7.62. The van der Waals surface area contributed by atoms with Crippen LogP contribution < -0.4 is 4.90 Å². The Morgan fingerprint density at radius 3 is 2.48 bits per heavy atom. The van der Waals surface area contributed by atoms with E-state index in [2.05, 4.69) is 62.8 Å². The molecule has 0 bridgehead atoms. The van der Waals surface area contributed by atoms with Crippen molar-refractivity contribution in [1.29, 1.82) is 0 Å². The highest BCUT2D eigenvalue weighted by Gasteiger charge is 2.52. The van der Waals surface area contributed by atoms with E-state index in [1.165, 1.54) is 25.7 Å². The summed E-state index contributed by atoms with van der Waals surface area (Å²) in [6.45, 7) is 10.1. The van der Waals surface area contributed by atoms with Crippen LogP contribution in [0.4, 0.5) is 5.95 Å². The number of aromatic nitrogens is 7. The zero-order valence-corrected chi connectivity index (χ0v) is 14.3. The first-order valence-electron chi connectivity index (χ1n) is 8.46. The SMILES string of the molecule is CCn1c(-c2nnn(C(C)(C)C)n2)nnc1N1CCCC12CC2. The lowest BCUT2D eigenvalue weighted by Gasteiger charge is -2.25. The van der Waals surface area contributed by atoms with Crippen molar-refractivity contribution in [3.63, 3.8) is 0 Å². The molecule has 0 unspecified atom stereocenters. The summed E-state index contributed by atoms with van der Waals surface area (Å²) < 4.78 is 2.12. The fourth-order valence-corrected chi connectivity index (χ4v) is 3.45. The largest absolute Gasteiger partial charge is 0.335 e. The standard InChI is InChI=1S/C15H24N8/c1-5-21-12(11-16-20-23(19-11)14(2,3)4)17-18-13(21)22-10-6-7-15(22)8-9-15/h5-10H2,1-4H3. The third kappa shape index (κ3) is 2.22. The lowest BCUT2D eigenvalue weighted by atomic mass is 10.1. The van der Waals surface area contributed by atoms with Crippen molar-refractivity contribution in [3.8, 4) is 11.6 Å². The Morgan fingerprint density at radius 1 is 1.09 bits per heavy atom. The van der Waals surface area contributed by atoms with Crippen LogP contribution in [0.15, 0.2) is 0 Å². The second kappa shape index (κ2) is 4.75. The Labute approximate surface area is 135 Å². The molecule has 1 aliphatic carbocycles. The molecular formula is C15H24N8. The molecule has 3 heterocycles. The van der Waals surface area contributed by atoms with Crippen LogP contribution in [-0.2, 0) is 12.1 Å². The van der Waals surface area contributed by atoms with Crippen LogP contribution in [0, 0.1) is 0 Å². The number of tetrazole rings is 1. The van der Waals surface area contributed by atoms with Gasteiger partial charge in [0.25, 0.3) is 0 Å². The van der Waals surface area contributed by atoms with E-state index in [4.69, 9.17) is 0 Å². The number of hydrogen-bond donors (Lipinski definition) is 0. The molecule has 8 heteroatoms. The average Bonchev–Trinajstić information content (AvgIpc) is 2.89. The molecule has 2 aliphatic rings. The fraction of sp³-hybridized carbons (Fsp3) is 0.800. The van der Waals surface area contributed by atoms with Gasteiger partial charge in [-0.1, -0.05) is 0 Å². The van der Waals surface area contributed by atoms with Crippen LogP contribution in [0.3, 0.4) is 0 Å². The van der Waals surface area contributed by atoms with E-state index in [1.807, 2.05) is 0 Å². The van der Waals surface area contributed by atoms with E-state index < -0.39 is 0 Å². The molecular weight excluding hydrogens is 292 g/mol. The van der Waals surface area contributed by atoms with Gasteiger partial charge < -0.3 is 4.90 Å². The van der Waals surface area contributed by atoms with Gasteiger partial charge >= 0.3 is 0 Å². The fourth-order valence-electron chi connectivity index (χ4n) is 3.45. The van der Waals surface area contributed by atoms with Crippen molar-refractivity contribution in [2.45, 2.75) is 71.0 Å². The summed E-state index contributed by atoms with van der Waals surface area (Å²) >= 11 is 0. The van der Waals surface area contributed by atoms with E-state index in [-0.39, 0.29) is 5.54 Å². The summed E-state index contributed by atoms with van der Waals surface area (Å²) in [5, 5.41) is 21.7. The maximum atomic E-state index is 4.50. The molecule has 1 aliphatic heterocycles. The monoisotopic (exact) mass is 316 g/mol. The van der Waals surface area contributed by atoms with Gasteiger partial charge in [0.2, 0.25) is 17.6 Å². The van der Waals surface area contributed by atoms with Crippen molar-refractivity contribution in [3.05, 3.63) is 0 Å². The van der Waals surface area contributed by atoms with Crippen molar-refractivity contribution in [2.24, 2.45) is 0 Å². The van der Waals surface area contributed by atoms with Gasteiger partial charge in [0.15, 0.2) is 0 Å². The quantitative estimate of drug-likeness (QED) is 0.860. The Balaban J connectivity index is 1.72. The van der Waals surface area contributed by atoms with Gasteiger partial charge in [-0.2, -0.15) is 4.80 Å². The minimum Gasteiger partial charge on any atom is -0.335 e. The highest BCUT2D eigenvalue weighted by atomic mass is 15.6. The Bertz CT molecular complexity index is 718. The number of anilines is 1. The molecule has 2 fully saturated rings. The zero-order chi connectivity index (χ0) is 16.2. The molecule has 1 saturated carbocycles. The van der Waals surface area contributed by atoms with Crippen molar-refractivity contribution in [1.82, 2.24) is 35.0 Å². The molecule has 0 atom stereocenters. The highest BCUT2D eigenvalue weighted by molar-refractivity contribution is 5.50. The van der Waals surface area contributed by atoms with Crippen molar-refractivity contribution >= 4 is 5.95 Å². The van der Waals surface area contributed by atoms with Crippen molar-refractivity contribution < 1.29 is 0 Å². The summed E-state index contributed by atoms with van der Waals surface area (Å²) in [4.78, 5) is 4.08. The van der Waals surface area contributed by atoms with E-state index >= 15 is 0 Å². The smallest absolute Gasteiger partial charge is 0.242 e. The second-order valence-electron chi connectivity index (χ2n) is 7.62. The summed E-state index contributed by atoms with van der Waals surface area (Å²) in [5.41, 5.74) is 0.159. The Hall–Kier alpha value is -1.99. The molecule has 1 spiro atoms. The van der Waals surface area contributed by atoms with Gasteiger partial charge in [-0.05, 0) is 58.6 Å². The number of nitrogens with zero attached hydrogens (tertiary/aromatic N) is 8. The maximum Gasteiger partial charge on any atom is 0.242 e. The minimum atomic E-state index is -0.196. The molecule has 8 nitrogen and oxygen atoms in total. The van der Waals surface area contributed by atoms with E-state index in [1.54, 1.807) is 4.80 Å². The van der Waals surface area contributed by atoms with Crippen LogP contribution in [0.5, 0.6) is 0 Å². The first kappa shape index (κ1) is 14.6. The van der Waals surface area contributed by atoms with Crippen LogP contribution in [0.1, 0.15) is 53.4 Å². The molecule has 2 aromatic heterocycles. The normalized spacial score (nSPS) is 19.7. The van der Waals surface area contributed by atoms with Gasteiger partial charge in [0.1, 0.15) is 0 Å². The average molecular weight is 316 g/mol. The summed E-state index contributed by atoms with van der Waals surface area (Å²) in [5.74, 6) is 2.22. The lowest BCUT2D eigenvalue weighted by molar-refractivity contribution is 0.306. The third-order valence-corrected chi connectivity index (χ3v) is 4.93. The molecule has 0 N–H and O–H groups in total. The number of rotatable bonds is 3. The summed E-state index contributed by atoms with van der Waals surface area (Å²) in [6, 6.07) is 0. The molecule has 1 saturated heterocycles. The first-order chi connectivity index (χ1) is 10.9. The van der Waals surface area contributed by atoms with E-state index in [0.717, 1.165) is 19.0 Å². The molecule has 124 valence electrons. The lowest BCUT2D eigenvalue weighted by Crippen LogP contribution is -2.33. The van der Waals surface area contributed by atoms with Crippen LogP contribution in [-0.4, -0.2) is 47.1 Å². The highest BCUT2D eigenvalue weighted by Crippen LogP contribution is 2.51.